The monoisotopic (exact) mass is 317 g/mol. The summed E-state index contributed by atoms with van der Waals surface area (Å²) in [6.45, 7) is 3.86. The molecular weight excluding hydrogens is 290 g/mol. The van der Waals surface area contributed by atoms with Crippen LogP contribution in [0.5, 0.6) is 11.5 Å². The number of methoxy groups -OCH3 is 2. The number of ether oxygens (including phenoxy) is 2. The molecule has 1 aromatic rings. The summed E-state index contributed by atoms with van der Waals surface area (Å²) in [7, 11) is 3.29. The minimum atomic E-state index is 0.514. The lowest BCUT2D eigenvalue weighted by atomic mass is 10.0. The van der Waals surface area contributed by atoms with Crippen molar-refractivity contribution in [3.63, 3.8) is 0 Å². The van der Waals surface area contributed by atoms with E-state index in [9.17, 15) is 0 Å². The molecule has 2 saturated carbocycles. The Bertz CT molecular complexity index is 578. The first-order valence-electron chi connectivity index (χ1n) is 8.48. The smallest absolute Gasteiger partial charge is 0.195 e. The van der Waals surface area contributed by atoms with Crippen molar-refractivity contribution in [3.8, 4) is 11.5 Å². The van der Waals surface area contributed by atoms with Crippen molar-refractivity contribution < 1.29 is 9.47 Å². The van der Waals surface area contributed by atoms with Crippen molar-refractivity contribution in [2.75, 3.05) is 32.6 Å². The Morgan fingerprint density at radius 2 is 1.96 bits per heavy atom. The molecular formula is C18H27N3O2. The first kappa shape index (κ1) is 16.0. The number of anilines is 1. The van der Waals surface area contributed by atoms with Gasteiger partial charge in [-0.25, -0.2) is 0 Å². The molecule has 0 aliphatic heterocycles. The van der Waals surface area contributed by atoms with Crippen LogP contribution in [0, 0.1) is 11.3 Å². The summed E-state index contributed by atoms with van der Waals surface area (Å²) < 4.78 is 10.6. The van der Waals surface area contributed by atoms with Crippen LogP contribution in [0.4, 0.5) is 5.69 Å². The molecule has 0 amide bonds. The molecule has 0 bridgehead atoms. The number of hydrogen-bond donors (Lipinski definition) is 2. The third-order valence-corrected chi connectivity index (χ3v) is 4.88. The zero-order valence-electron chi connectivity index (χ0n) is 14.3. The van der Waals surface area contributed by atoms with Gasteiger partial charge >= 0.3 is 0 Å². The summed E-state index contributed by atoms with van der Waals surface area (Å²) in [6.07, 6.45) is 5.48. The Kier molecular flexibility index (Phi) is 4.64. The zero-order chi connectivity index (χ0) is 16.3. The summed E-state index contributed by atoms with van der Waals surface area (Å²) in [5, 5.41) is 6.69. The van der Waals surface area contributed by atoms with Gasteiger partial charge in [-0.3, -0.25) is 4.99 Å². The third kappa shape index (κ3) is 3.71. The maximum absolute atomic E-state index is 5.36. The normalized spacial score (nSPS) is 19.2. The van der Waals surface area contributed by atoms with Crippen LogP contribution in [0.2, 0.25) is 0 Å². The van der Waals surface area contributed by atoms with Crippen LogP contribution in [0.3, 0.4) is 0 Å². The maximum Gasteiger partial charge on any atom is 0.195 e. The van der Waals surface area contributed by atoms with Gasteiger partial charge < -0.3 is 20.1 Å². The van der Waals surface area contributed by atoms with E-state index in [0.717, 1.165) is 36.4 Å². The molecule has 2 aliphatic rings. The highest BCUT2D eigenvalue weighted by molar-refractivity contribution is 5.94. The van der Waals surface area contributed by atoms with E-state index in [4.69, 9.17) is 14.5 Å². The largest absolute Gasteiger partial charge is 0.493 e. The summed E-state index contributed by atoms with van der Waals surface area (Å²) in [6, 6.07) is 5.80. The number of hydrogen-bond acceptors (Lipinski definition) is 3. The van der Waals surface area contributed by atoms with Crippen molar-refractivity contribution >= 4 is 11.6 Å². The van der Waals surface area contributed by atoms with Crippen LogP contribution in [0.1, 0.15) is 32.6 Å². The molecule has 0 saturated heterocycles. The predicted molar refractivity (Wildman–Crippen MR) is 93.5 cm³/mol. The van der Waals surface area contributed by atoms with E-state index in [1.54, 1.807) is 14.2 Å². The molecule has 0 atom stereocenters. The van der Waals surface area contributed by atoms with E-state index in [-0.39, 0.29) is 0 Å². The van der Waals surface area contributed by atoms with Crippen LogP contribution in [-0.2, 0) is 0 Å². The Morgan fingerprint density at radius 3 is 2.52 bits per heavy atom. The lowest BCUT2D eigenvalue weighted by molar-refractivity contribution is 0.355. The van der Waals surface area contributed by atoms with Crippen LogP contribution >= 0.6 is 0 Å². The minimum Gasteiger partial charge on any atom is -0.493 e. The van der Waals surface area contributed by atoms with Crippen molar-refractivity contribution in [2.24, 2.45) is 16.3 Å². The zero-order valence-corrected chi connectivity index (χ0v) is 14.3. The predicted octanol–water partition coefficient (Wildman–Crippen LogP) is 3.27. The number of guanidine groups is 1. The van der Waals surface area contributed by atoms with Gasteiger partial charge in [0.15, 0.2) is 17.5 Å². The molecule has 3 rings (SSSR count). The Hall–Kier alpha value is -1.91. The quantitative estimate of drug-likeness (QED) is 0.598. The molecule has 2 aliphatic carbocycles. The van der Waals surface area contributed by atoms with E-state index in [2.05, 4.69) is 17.6 Å². The molecule has 1 aromatic carbocycles. The van der Waals surface area contributed by atoms with Gasteiger partial charge in [0.2, 0.25) is 0 Å². The summed E-state index contributed by atoms with van der Waals surface area (Å²) >= 11 is 0. The molecule has 5 heteroatoms. The van der Waals surface area contributed by atoms with Crippen LogP contribution < -0.4 is 20.1 Å². The molecule has 0 spiro atoms. The molecule has 23 heavy (non-hydrogen) atoms. The highest BCUT2D eigenvalue weighted by atomic mass is 16.5. The summed E-state index contributed by atoms with van der Waals surface area (Å²) in [5.74, 6) is 3.21. The Balaban J connectivity index is 1.69. The van der Waals surface area contributed by atoms with Gasteiger partial charge in [-0.05, 0) is 56.1 Å². The maximum atomic E-state index is 5.36. The molecule has 126 valence electrons. The van der Waals surface area contributed by atoms with Gasteiger partial charge in [0.1, 0.15) is 0 Å². The first-order valence-corrected chi connectivity index (χ1v) is 8.48. The van der Waals surface area contributed by atoms with Crippen LogP contribution in [0.25, 0.3) is 0 Å². The molecule has 5 nitrogen and oxygen atoms in total. The number of rotatable bonds is 7. The van der Waals surface area contributed by atoms with Crippen LogP contribution in [0.15, 0.2) is 23.2 Å². The lowest BCUT2D eigenvalue weighted by Crippen LogP contribution is -2.31. The topological polar surface area (TPSA) is 54.9 Å². The van der Waals surface area contributed by atoms with Gasteiger partial charge in [-0.15, -0.1) is 0 Å². The van der Waals surface area contributed by atoms with Gasteiger partial charge in [-0.1, -0.05) is 0 Å². The van der Waals surface area contributed by atoms with Crippen molar-refractivity contribution in [3.05, 3.63) is 18.2 Å². The molecule has 2 N–H and O–H groups in total. The second-order valence-electron chi connectivity index (χ2n) is 6.53. The van der Waals surface area contributed by atoms with E-state index in [0.29, 0.717) is 11.2 Å². The molecule has 0 heterocycles. The van der Waals surface area contributed by atoms with E-state index >= 15 is 0 Å². The van der Waals surface area contributed by atoms with E-state index in [1.807, 2.05) is 18.2 Å². The summed E-state index contributed by atoms with van der Waals surface area (Å²) in [4.78, 5) is 4.82. The number of aliphatic imine (C=N–C) groups is 1. The van der Waals surface area contributed by atoms with Crippen molar-refractivity contribution in [1.29, 1.82) is 0 Å². The second kappa shape index (κ2) is 6.69. The van der Waals surface area contributed by atoms with Gasteiger partial charge in [0.05, 0.1) is 14.2 Å². The van der Waals surface area contributed by atoms with Gasteiger partial charge in [-0.2, -0.15) is 0 Å². The minimum absolute atomic E-state index is 0.514. The third-order valence-electron chi connectivity index (χ3n) is 4.88. The van der Waals surface area contributed by atoms with Crippen LogP contribution in [-0.4, -0.2) is 33.3 Å². The first-order chi connectivity index (χ1) is 11.2. The van der Waals surface area contributed by atoms with Gasteiger partial charge in [0.25, 0.3) is 0 Å². The fraction of sp³-hybridized carbons (Fsp3) is 0.611. The van der Waals surface area contributed by atoms with Gasteiger partial charge in [0, 0.05) is 24.8 Å². The van der Waals surface area contributed by atoms with Crippen molar-refractivity contribution in [2.45, 2.75) is 32.6 Å². The second-order valence-corrected chi connectivity index (χ2v) is 6.53. The summed E-state index contributed by atoms with van der Waals surface area (Å²) in [5.41, 5.74) is 1.46. The SMILES string of the molecule is CCNC(=NCC1(C2CC2)CC1)Nc1ccc(OC)c(OC)c1. The molecule has 0 radical (unpaired) electrons. The Labute approximate surface area is 138 Å². The van der Waals surface area contributed by atoms with Crippen molar-refractivity contribution in [1.82, 2.24) is 5.32 Å². The number of nitrogens with one attached hydrogen (secondary N) is 2. The molecule has 0 unspecified atom stereocenters. The van der Waals surface area contributed by atoms with E-state index < -0.39 is 0 Å². The average Bonchev–Trinajstić information content (AvgIpc) is 3.46. The molecule has 2 fully saturated rings. The lowest BCUT2D eigenvalue weighted by Gasteiger charge is -2.16. The highest BCUT2D eigenvalue weighted by Gasteiger charge is 2.53. The standard InChI is InChI=1S/C18H27N3O2/c1-4-19-17(20-12-18(9-10-18)13-5-6-13)21-14-7-8-15(22-2)16(11-14)23-3/h7-8,11,13H,4-6,9-10,12H2,1-3H3,(H2,19,20,21). The average molecular weight is 317 g/mol. The highest BCUT2D eigenvalue weighted by Crippen LogP contribution is 2.61. The Morgan fingerprint density at radius 1 is 1.22 bits per heavy atom. The van der Waals surface area contributed by atoms with E-state index in [1.165, 1.54) is 25.7 Å². The number of nitrogens with zero attached hydrogens (tertiary/aromatic N) is 1. The fourth-order valence-corrected chi connectivity index (χ4v) is 3.15. The number of benzene rings is 1. The fourth-order valence-electron chi connectivity index (χ4n) is 3.15. The molecule has 0 aromatic heterocycles.